The molecule has 7 heteroatoms. The van der Waals surface area contributed by atoms with E-state index in [1.807, 2.05) is 7.11 Å². The maximum atomic E-state index is 6.49. The second-order valence-electron chi connectivity index (χ2n) is 11.2. The van der Waals surface area contributed by atoms with Crippen LogP contribution in [-0.4, -0.2) is 71.8 Å². The molecule has 2 aliphatic rings. The first-order valence-corrected chi connectivity index (χ1v) is 16.0. The van der Waals surface area contributed by atoms with Crippen LogP contribution >= 0.6 is 0 Å². The summed E-state index contributed by atoms with van der Waals surface area (Å²) in [4.78, 5) is 0. The molecule has 3 atom stereocenters. The van der Waals surface area contributed by atoms with E-state index in [0.29, 0.717) is 18.0 Å². The van der Waals surface area contributed by atoms with Gasteiger partial charge in [0.1, 0.15) is 0 Å². The zero-order valence-electron chi connectivity index (χ0n) is 22.1. The summed E-state index contributed by atoms with van der Waals surface area (Å²) in [7, 11) is 0.123. The third-order valence-corrected chi connectivity index (χ3v) is 12.2. The smallest absolute Gasteiger partial charge is 0.191 e. The predicted octanol–water partition coefficient (Wildman–Crippen LogP) is 5.34. The van der Waals surface area contributed by atoms with Crippen molar-refractivity contribution in [2.24, 2.45) is 5.92 Å². The summed E-state index contributed by atoms with van der Waals surface area (Å²) in [5.41, 5.74) is 3.97. The highest BCUT2D eigenvalue weighted by atomic mass is 28.4. The van der Waals surface area contributed by atoms with Gasteiger partial charge in [0.05, 0.1) is 19.8 Å². The largest absolute Gasteiger partial charge is 0.417 e. The first-order chi connectivity index (χ1) is 15.2. The summed E-state index contributed by atoms with van der Waals surface area (Å²) in [5.74, 6) is 0.615. The number of hydrogen-bond donors (Lipinski definition) is 1. The lowest BCUT2D eigenvalue weighted by Crippen LogP contribution is -2.51. The molecule has 6 nitrogen and oxygen atoms in total. The van der Waals surface area contributed by atoms with Crippen molar-refractivity contribution in [3.05, 3.63) is 0 Å². The van der Waals surface area contributed by atoms with Crippen LogP contribution in [0.5, 0.6) is 0 Å². The third-order valence-electron chi connectivity index (χ3n) is 7.69. The van der Waals surface area contributed by atoms with Gasteiger partial charge in [-0.05, 0) is 69.0 Å². The molecule has 2 heterocycles. The normalized spacial score (nSPS) is 23.2. The van der Waals surface area contributed by atoms with Gasteiger partial charge in [-0.15, -0.1) is 0 Å². The zero-order chi connectivity index (χ0) is 23.6. The lowest BCUT2D eigenvalue weighted by Gasteiger charge is -2.37. The third kappa shape index (κ3) is 8.97. The number of hydrazine groups is 1. The fraction of sp³-hybridized carbons (Fsp3) is 1.00. The minimum absolute atomic E-state index is 0.00930. The van der Waals surface area contributed by atoms with E-state index in [2.05, 4.69) is 51.2 Å². The summed E-state index contributed by atoms with van der Waals surface area (Å²) in [6.45, 7) is 18.2. The second-order valence-corrected chi connectivity index (χ2v) is 16.0. The van der Waals surface area contributed by atoms with Crippen LogP contribution < -0.4 is 5.43 Å². The molecule has 2 saturated heterocycles. The summed E-state index contributed by atoms with van der Waals surface area (Å²) in [6, 6.07) is 0.937. The van der Waals surface area contributed by atoms with Gasteiger partial charge in [0.15, 0.2) is 14.6 Å². The molecule has 190 valence electrons. The van der Waals surface area contributed by atoms with Gasteiger partial charge in [0.2, 0.25) is 0 Å². The van der Waals surface area contributed by atoms with Gasteiger partial charge in [-0.2, -0.15) is 0 Å². The average Bonchev–Trinajstić information content (AvgIpc) is 3.39. The highest BCUT2D eigenvalue weighted by Gasteiger charge is 2.37. The molecule has 0 aromatic carbocycles. The molecular weight excluding hydrogens is 420 g/mol. The maximum Gasteiger partial charge on any atom is 0.191 e. The molecule has 0 spiro atoms. The van der Waals surface area contributed by atoms with E-state index in [1.54, 1.807) is 0 Å². The number of methoxy groups -OCH3 is 1. The maximum absolute atomic E-state index is 6.49. The lowest BCUT2D eigenvalue weighted by atomic mass is 9.87. The van der Waals surface area contributed by atoms with E-state index < -0.39 is 8.32 Å². The first-order valence-electron chi connectivity index (χ1n) is 13.1. The van der Waals surface area contributed by atoms with Crippen LogP contribution in [0.1, 0.15) is 79.1 Å². The standard InChI is InChI=1S/C25H52N2O4Si/c1-8-11-21(14-15-24-29-18-19-30-24)23(26-27-16-9-12-22(27)20-28-5)13-10-17-31-32(6,7)25(2,3)4/h21-24,26H,8-20H2,1-7H3/t21-,22-,23+/m1/s1. The number of ether oxygens (including phenoxy) is 3. The molecule has 0 aliphatic carbocycles. The molecule has 0 aromatic heterocycles. The van der Waals surface area contributed by atoms with Crippen LogP contribution in [0.15, 0.2) is 0 Å². The molecule has 0 amide bonds. The molecule has 0 bridgehead atoms. The number of hydrogen-bond acceptors (Lipinski definition) is 6. The number of nitrogens with zero attached hydrogens (tertiary/aromatic N) is 1. The van der Waals surface area contributed by atoms with Crippen molar-refractivity contribution >= 4 is 8.32 Å². The number of rotatable bonds is 15. The zero-order valence-corrected chi connectivity index (χ0v) is 23.1. The molecule has 0 radical (unpaired) electrons. The molecule has 32 heavy (non-hydrogen) atoms. The highest BCUT2D eigenvalue weighted by Crippen LogP contribution is 2.36. The Morgan fingerprint density at radius 1 is 1.12 bits per heavy atom. The topological polar surface area (TPSA) is 52.2 Å². The molecule has 2 aliphatic heterocycles. The van der Waals surface area contributed by atoms with E-state index in [4.69, 9.17) is 18.6 Å². The Morgan fingerprint density at radius 3 is 2.47 bits per heavy atom. The Morgan fingerprint density at radius 2 is 1.84 bits per heavy atom. The van der Waals surface area contributed by atoms with Gasteiger partial charge in [0.25, 0.3) is 0 Å². The molecule has 0 aromatic rings. The van der Waals surface area contributed by atoms with E-state index in [9.17, 15) is 0 Å². The minimum Gasteiger partial charge on any atom is -0.417 e. The van der Waals surface area contributed by atoms with Crippen LogP contribution in [0.3, 0.4) is 0 Å². The summed E-state index contributed by atoms with van der Waals surface area (Å²) in [6.07, 6.45) is 9.26. The van der Waals surface area contributed by atoms with Gasteiger partial charge in [-0.3, -0.25) is 5.43 Å². The summed E-state index contributed by atoms with van der Waals surface area (Å²) < 4.78 is 23.4. The van der Waals surface area contributed by atoms with E-state index in [-0.39, 0.29) is 11.3 Å². The van der Waals surface area contributed by atoms with Gasteiger partial charge < -0.3 is 18.6 Å². The number of nitrogens with one attached hydrogen (secondary N) is 1. The highest BCUT2D eigenvalue weighted by molar-refractivity contribution is 6.74. The van der Waals surface area contributed by atoms with Gasteiger partial charge in [-0.1, -0.05) is 34.1 Å². The van der Waals surface area contributed by atoms with Crippen molar-refractivity contribution in [3.63, 3.8) is 0 Å². The van der Waals surface area contributed by atoms with Gasteiger partial charge >= 0.3 is 0 Å². The Kier molecular flexibility index (Phi) is 12.1. The van der Waals surface area contributed by atoms with Crippen LogP contribution in [0, 0.1) is 5.92 Å². The summed E-state index contributed by atoms with van der Waals surface area (Å²) in [5, 5.41) is 2.73. The van der Waals surface area contributed by atoms with Crippen molar-refractivity contribution in [1.29, 1.82) is 0 Å². The van der Waals surface area contributed by atoms with Gasteiger partial charge in [-0.25, -0.2) is 5.01 Å². The van der Waals surface area contributed by atoms with Crippen molar-refractivity contribution in [1.82, 2.24) is 10.4 Å². The SMILES string of the molecule is CCC[C@H](CCC1OCCO1)[C@H](CCCO[Si](C)(C)C(C)(C)C)NN1CCC[C@@H]1COC. The van der Waals surface area contributed by atoms with E-state index in [0.717, 1.165) is 58.7 Å². The fourth-order valence-corrected chi connectivity index (χ4v) is 5.77. The van der Waals surface area contributed by atoms with Gasteiger partial charge in [0, 0.05) is 32.3 Å². The molecule has 1 N–H and O–H groups in total. The van der Waals surface area contributed by atoms with Crippen LogP contribution in [-0.2, 0) is 18.6 Å². The molecule has 2 rings (SSSR count). The Hall–Kier alpha value is -0.0231. The van der Waals surface area contributed by atoms with Crippen molar-refractivity contribution in [2.45, 2.75) is 116 Å². The minimum atomic E-state index is -1.69. The second kappa shape index (κ2) is 13.8. The van der Waals surface area contributed by atoms with E-state index in [1.165, 1.54) is 25.7 Å². The molecule has 0 unspecified atom stereocenters. The fourth-order valence-electron chi connectivity index (χ4n) is 4.68. The lowest BCUT2D eigenvalue weighted by molar-refractivity contribution is -0.0523. The van der Waals surface area contributed by atoms with Crippen LogP contribution in [0.2, 0.25) is 18.1 Å². The molecular formula is C25H52N2O4Si. The Labute approximate surface area is 199 Å². The molecule has 2 fully saturated rings. The Bertz CT molecular complexity index is 509. The quantitative estimate of drug-likeness (QED) is 0.256. The first kappa shape index (κ1) is 28.2. The van der Waals surface area contributed by atoms with Crippen molar-refractivity contribution in [2.75, 3.05) is 40.1 Å². The monoisotopic (exact) mass is 472 g/mol. The average molecular weight is 473 g/mol. The van der Waals surface area contributed by atoms with Crippen molar-refractivity contribution in [3.8, 4) is 0 Å². The van der Waals surface area contributed by atoms with Crippen LogP contribution in [0.4, 0.5) is 0 Å². The van der Waals surface area contributed by atoms with E-state index >= 15 is 0 Å². The predicted molar refractivity (Wildman–Crippen MR) is 134 cm³/mol. The summed E-state index contributed by atoms with van der Waals surface area (Å²) >= 11 is 0. The molecule has 0 saturated carbocycles. The van der Waals surface area contributed by atoms with Crippen molar-refractivity contribution < 1.29 is 18.6 Å². The Balaban J connectivity index is 1.97. The van der Waals surface area contributed by atoms with Crippen LogP contribution in [0.25, 0.3) is 0 Å².